The second-order valence-corrected chi connectivity index (χ2v) is 10.0. The number of pyridine rings is 1. The minimum atomic E-state index is -0.657. The third kappa shape index (κ3) is 5.17. The lowest BCUT2D eigenvalue weighted by atomic mass is 9.71. The van der Waals surface area contributed by atoms with Crippen molar-refractivity contribution in [1.82, 2.24) is 10.3 Å². The molecule has 0 saturated heterocycles. The van der Waals surface area contributed by atoms with Gasteiger partial charge in [-0.25, -0.2) is 4.98 Å². The van der Waals surface area contributed by atoms with E-state index < -0.39 is 5.92 Å². The summed E-state index contributed by atoms with van der Waals surface area (Å²) < 4.78 is 16.6. The van der Waals surface area contributed by atoms with Crippen LogP contribution in [0.1, 0.15) is 48.4 Å². The highest BCUT2D eigenvalue weighted by Gasteiger charge is 2.42. The van der Waals surface area contributed by atoms with Crippen LogP contribution in [0.5, 0.6) is 17.2 Å². The lowest BCUT2D eigenvalue weighted by Crippen LogP contribution is -2.37. The number of hydrogen-bond acceptors (Lipinski definition) is 7. The first kappa shape index (κ1) is 27.0. The number of benzene rings is 2. The van der Waals surface area contributed by atoms with Gasteiger partial charge in [0.2, 0.25) is 0 Å². The summed E-state index contributed by atoms with van der Waals surface area (Å²) in [5, 5.41) is 6.36. The minimum Gasteiger partial charge on any atom is -0.497 e. The van der Waals surface area contributed by atoms with E-state index in [2.05, 4.69) is 15.6 Å². The number of allylic oxidation sites excluding steroid dienone is 3. The van der Waals surface area contributed by atoms with Gasteiger partial charge in [0.05, 0.1) is 27.2 Å². The molecule has 8 nitrogen and oxygen atoms in total. The average molecular weight is 540 g/mol. The first-order valence-corrected chi connectivity index (χ1v) is 13.2. The Labute approximate surface area is 234 Å². The van der Waals surface area contributed by atoms with Crippen LogP contribution in [-0.2, 0) is 9.59 Å². The van der Waals surface area contributed by atoms with Gasteiger partial charge in [0, 0.05) is 40.2 Å². The van der Waals surface area contributed by atoms with E-state index in [4.69, 9.17) is 14.2 Å². The van der Waals surface area contributed by atoms with Crippen molar-refractivity contribution >= 4 is 17.5 Å². The number of carbonyl (C=O) groups is 2. The molecule has 3 aromatic rings. The zero-order valence-electron chi connectivity index (χ0n) is 23.3. The van der Waals surface area contributed by atoms with Crippen LogP contribution in [0.4, 0.5) is 5.82 Å². The number of nitrogens with zero attached hydrogens (tertiary/aromatic N) is 1. The summed E-state index contributed by atoms with van der Waals surface area (Å²) in [6.45, 7) is 3.73. The number of methoxy groups -OCH3 is 3. The topological polar surface area (TPSA) is 98.8 Å². The Balaban J connectivity index is 1.60. The standard InChI is InChI=1S/C32H33N3O5/c1-18-7-6-8-28(33-18)35-32(37)29-19(2)34-25-15-21(20-9-11-22(38-3)12-10-20)16-26(36)31(25)30(29)24-17-23(39-4)13-14-27(24)40-5/h6-14,17,21,30,34H,15-16H2,1-5H3,(H,33,35,37). The van der Waals surface area contributed by atoms with E-state index in [0.717, 1.165) is 22.7 Å². The largest absolute Gasteiger partial charge is 0.497 e. The molecule has 2 aliphatic rings. The number of rotatable bonds is 7. The number of dihydropyridines is 1. The number of aryl methyl sites for hydroxylation is 1. The monoisotopic (exact) mass is 539 g/mol. The maximum absolute atomic E-state index is 14.0. The molecule has 1 aliphatic carbocycles. The van der Waals surface area contributed by atoms with Gasteiger partial charge in [0.25, 0.3) is 5.91 Å². The summed E-state index contributed by atoms with van der Waals surface area (Å²) in [6, 6.07) is 18.7. The molecule has 1 aliphatic heterocycles. The predicted octanol–water partition coefficient (Wildman–Crippen LogP) is 5.42. The van der Waals surface area contributed by atoms with Crippen LogP contribution in [0.2, 0.25) is 0 Å². The molecule has 40 heavy (non-hydrogen) atoms. The van der Waals surface area contributed by atoms with Gasteiger partial charge in [-0.1, -0.05) is 18.2 Å². The van der Waals surface area contributed by atoms with E-state index in [1.54, 1.807) is 39.5 Å². The third-order valence-corrected chi connectivity index (χ3v) is 7.54. The molecule has 2 N–H and O–H groups in total. The summed E-state index contributed by atoms with van der Waals surface area (Å²) in [5.41, 5.74) is 5.03. The molecule has 1 aromatic heterocycles. The number of carbonyl (C=O) groups excluding carboxylic acids is 2. The zero-order chi connectivity index (χ0) is 28.4. The van der Waals surface area contributed by atoms with Crippen LogP contribution in [0.15, 0.2) is 83.2 Å². The van der Waals surface area contributed by atoms with E-state index in [9.17, 15) is 9.59 Å². The SMILES string of the molecule is COc1ccc(C2CC(=O)C3=C(C2)NC(C)=C(C(=O)Nc2cccc(C)n2)C3c2cc(OC)ccc2OC)cc1. The van der Waals surface area contributed by atoms with E-state index >= 15 is 0 Å². The van der Waals surface area contributed by atoms with Crippen molar-refractivity contribution in [3.63, 3.8) is 0 Å². The maximum Gasteiger partial charge on any atom is 0.255 e. The number of amides is 1. The van der Waals surface area contributed by atoms with Gasteiger partial charge in [-0.05, 0) is 74.2 Å². The molecular weight excluding hydrogens is 506 g/mol. The van der Waals surface area contributed by atoms with Crippen molar-refractivity contribution in [2.75, 3.05) is 26.6 Å². The molecule has 5 rings (SSSR count). The molecule has 0 spiro atoms. The van der Waals surface area contributed by atoms with Crippen molar-refractivity contribution in [3.05, 3.63) is 100 Å². The molecule has 8 heteroatoms. The third-order valence-electron chi connectivity index (χ3n) is 7.54. The van der Waals surface area contributed by atoms with Crippen molar-refractivity contribution in [2.45, 2.75) is 38.5 Å². The van der Waals surface area contributed by atoms with Crippen molar-refractivity contribution in [3.8, 4) is 17.2 Å². The molecule has 2 heterocycles. The van der Waals surface area contributed by atoms with Gasteiger partial charge in [0.15, 0.2) is 5.78 Å². The fourth-order valence-corrected chi connectivity index (χ4v) is 5.62. The molecule has 0 bridgehead atoms. The van der Waals surface area contributed by atoms with Crippen LogP contribution < -0.4 is 24.8 Å². The number of ether oxygens (including phenoxy) is 3. The Hall–Kier alpha value is -4.59. The smallest absolute Gasteiger partial charge is 0.255 e. The normalized spacial score (nSPS) is 18.6. The number of hydrogen-bond donors (Lipinski definition) is 2. The van der Waals surface area contributed by atoms with Gasteiger partial charge in [0.1, 0.15) is 23.1 Å². The second kappa shape index (κ2) is 11.3. The van der Waals surface area contributed by atoms with Crippen LogP contribution in [0.3, 0.4) is 0 Å². The van der Waals surface area contributed by atoms with Gasteiger partial charge < -0.3 is 24.8 Å². The summed E-state index contributed by atoms with van der Waals surface area (Å²) in [6.07, 6.45) is 0.949. The average Bonchev–Trinajstić information content (AvgIpc) is 2.95. The van der Waals surface area contributed by atoms with Gasteiger partial charge >= 0.3 is 0 Å². The predicted molar refractivity (Wildman–Crippen MR) is 153 cm³/mol. The van der Waals surface area contributed by atoms with Gasteiger partial charge in [-0.15, -0.1) is 0 Å². The van der Waals surface area contributed by atoms with Crippen LogP contribution in [0.25, 0.3) is 0 Å². The molecular formula is C32H33N3O5. The molecule has 0 saturated carbocycles. The molecule has 206 valence electrons. The Bertz CT molecular complexity index is 1520. The van der Waals surface area contributed by atoms with Crippen molar-refractivity contribution < 1.29 is 23.8 Å². The second-order valence-electron chi connectivity index (χ2n) is 10.0. The fourth-order valence-electron chi connectivity index (χ4n) is 5.62. The fraction of sp³-hybridized carbons (Fsp3) is 0.281. The number of ketones is 1. The Morgan fingerprint density at radius 1 is 0.925 bits per heavy atom. The molecule has 2 unspecified atom stereocenters. The highest BCUT2D eigenvalue weighted by atomic mass is 16.5. The molecule has 2 atom stereocenters. The molecule has 1 amide bonds. The lowest BCUT2D eigenvalue weighted by Gasteiger charge is -2.37. The molecule has 0 fully saturated rings. The molecule has 0 radical (unpaired) electrons. The van der Waals surface area contributed by atoms with E-state index in [-0.39, 0.29) is 17.6 Å². The first-order valence-electron chi connectivity index (χ1n) is 13.2. The highest BCUT2D eigenvalue weighted by Crippen LogP contribution is 2.48. The summed E-state index contributed by atoms with van der Waals surface area (Å²) >= 11 is 0. The van der Waals surface area contributed by atoms with Crippen LogP contribution >= 0.6 is 0 Å². The Kier molecular flexibility index (Phi) is 7.60. The maximum atomic E-state index is 14.0. The zero-order valence-corrected chi connectivity index (χ0v) is 23.3. The number of aromatic nitrogens is 1. The van der Waals surface area contributed by atoms with E-state index in [1.807, 2.05) is 56.3 Å². The van der Waals surface area contributed by atoms with Crippen molar-refractivity contribution in [1.29, 1.82) is 0 Å². The van der Waals surface area contributed by atoms with Gasteiger partial charge in [-0.2, -0.15) is 0 Å². The van der Waals surface area contributed by atoms with Crippen LogP contribution in [0, 0.1) is 6.92 Å². The summed E-state index contributed by atoms with van der Waals surface area (Å²) in [5.74, 6) is 1.36. The Morgan fingerprint density at radius 2 is 1.65 bits per heavy atom. The number of nitrogens with one attached hydrogen (secondary N) is 2. The number of Topliss-reactive ketones (excluding diaryl/α,β-unsaturated/α-hetero) is 1. The highest BCUT2D eigenvalue weighted by molar-refractivity contribution is 6.09. The van der Waals surface area contributed by atoms with Crippen LogP contribution in [-0.4, -0.2) is 38.0 Å². The van der Waals surface area contributed by atoms with Gasteiger partial charge in [-0.3, -0.25) is 9.59 Å². The Morgan fingerprint density at radius 3 is 2.33 bits per heavy atom. The first-order chi connectivity index (χ1) is 19.3. The number of anilines is 1. The minimum absolute atomic E-state index is 0.00261. The summed E-state index contributed by atoms with van der Waals surface area (Å²) in [7, 11) is 4.80. The van der Waals surface area contributed by atoms with Crippen molar-refractivity contribution in [2.24, 2.45) is 0 Å². The van der Waals surface area contributed by atoms with E-state index in [1.165, 1.54) is 0 Å². The quantitative estimate of drug-likeness (QED) is 0.414. The lowest BCUT2D eigenvalue weighted by molar-refractivity contribution is -0.116. The summed E-state index contributed by atoms with van der Waals surface area (Å²) in [4.78, 5) is 32.3. The van der Waals surface area contributed by atoms with E-state index in [0.29, 0.717) is 52.6 Å². The molecule has 2 aromatic carbocycles.